The van der Waals surface area contributed by atoms with Crippen LogP contribution in [0.3, 0.4) is 0 Å². The molecule has 0 saturated heterocycles. The van der Waals surface area contributed by atoms with E-state index in [1.807, 2.05) is 27.7 Å². The Morgan fingerprint density at radius 3 is 2.50 bits per heavy atom. The standard InChI is InChI=1S/C17H20FN5O/c1-11(12-5-7-13(18)8-6-12)20-14-15-21-23(17(2,3)4)16(24)22(15)10-9-19-14/h5-11H,1-4H3,(H,19,20). The Morgan fingerprint density at radius 1 is 1.21 bits per heavy atom. The van der Waals surface area contributed by atoms with E-state index in [0.29, 0.717) is 11.5 Å². The normalized spacial score (nSPS) is 13.2. The molecule has 6 nitrogen and oxygen atoms in total. The minimum Gasteiger partial charge on any atom is -0.360 e. The fraction of sp³-hybridized carbons (Fsp3) is 0.353. The fourth-order valence-corrected chi connectivity index (χ4v) is 2.49. The average molecular weight is 329 g/mol. The minimum absolute atomic E-state index is 0.112. The Hall–Kier alpha value is -2.70. The molecule has 0 aliphatic heterocycles. The first-order valence-electron chi connectivity index (χ1n) is 7.76. The predicted octanol–water partition coefficient (Wildman–Crippen LogP) is 2.96. The van der Waals surface area contributed by atoms with Crippen molar-refractivity contribution in [2.75, 3.05) is 5.32 Å². The van der Waals surface area contributed by atoms with E-state index in [0.717, 1.165) is 5.56 Å². The summed E-state index contributed by atoms with van der Waals surface area (Å²) in [6, 6.07) is 6.15. The minimum atomic E-state index is -0.428. The molecule has 3 aromatic rings. The van der Waals surface area contributed by atoms with Crippen LogP contribution in [0.4, 0.5) is 10.2 Å². The van der Waals surface area contributed by atoms with E-state index in [9.17, 15) is 9.18 Å². The van der Waals surface area contributed by atoms with Crippen LogP contribution in [0.2, 0.25) is 0 Å². The Kier molecular flexibility index (Phi) is 3.87. The number of nitrogens with zero attached hydrogens (tertiary/aromatic N) is 4. The largest absolute Gasteiger partial charge is 0.360 e. The van der Waals surface area contributed by atoms with Gasteiger partial charge in [-0.15, -0.1) is 5.10 Å². The number of nitrogens with one attached hydrogen (secondary N) is 1. The summed E-state index contributed by atoms with van der Waals surface area (Å²) in [7, 11) is 0. The van der Waals surface area contributed by atoms with Crippen LogP contribution >= 0.6 is 0 Å². The van der Waals surface area contributed by atoms with Crippen LogP contribution in [0, 0.1) is 5.82 Å². The van der Waals surface area contributed by atoms with Crippen molar-refractivity contribution < 1.29 is 4.39 Å². The lowest BCUT2D eigenvalue weighted by atomic mass is 10.1. The maximum Gasteiger partial charge on any atom is 0.350 e. The third kappa shape index (κ3) is 2.89. The summed E-state index contributed by atoms with van der Waals surface area (Å²) >= 11 is 0. The van der Waals surface area contributed by atoms with Crippen molar-refractivity contribution in [1.29, 1.82) is 0 Å². The van der Waals surface area contributed by atoms with Crippen LogP contribution in [0.1, 0.15) is 39.3 Å². The highest BCUT2D eigenvalue weighted by molar-refractivity contribution is 5.62. The van der Waals surface area contributed by atoms with Crippen molar-refractivity contribution in [3.63, 3.8) is 0 Å². The summed E-state index contributed by atoms with van der Waals surface area (Å²) in [5.74, 6) is 0.232. The molecule has 1 N–H and O–H groups in total. The average Bonchev–Trinajstić information content (AvgIpc) is 2.86. The Labute approximate surface area is 139 Å². The molecule has 0 spiro atoms. The molecule has 0 fully saturated rings. The smallest absolute Gasteiger partial charge is 0.350 e. The van der Waals surface area contributed by atoms with E-state index in [1.54, 1.807) is 24.5 Å². The molecule has 7 heteroatoms. The van der Waals surface area contributed by atoms with Gasteiger partial charge in [-0.2, -0.15) is 0 Å². The van der Waals surface area contributed by atoms with E-state index in [1.165, 1.54) is 21.2 Å². The van der Waals surface area contributed by atoms with E-state index in [4.69, 9.17) is 0 Å². The quantitative estimate of drug-likeness (QED) is 0.802. The molecule has 3 rings (SSSR count). The second-order valence-electron chi connectivity index (χ2n) is 6.75. The first-order valence-corrected chi connectivity index (χ1v) is 7.76. The lowest BCUT2D eigenvalue weighted by molar-refractivity contribution is 0.344. The molecule has 0 saturated carbocycles. The molecule has 0 radical (unpaired) electrons. The van der Waals surface area contributed by atoms with Gasteiger partial charge in [-0.1, -0.05) is 12.1 Å². The van der Waals surface area contributed by atoms with Gasteiger partial charge in [0.15, 0.2) is 5.82 Å². The summed E-state index contributed by atoms with van der Waals surface area (Å²) in [6.07, 6.45) is 3.16. The second kappa shape index (κ2) is 5.74. The molecule has 0 aliphatic carbocycles. The molecule has 2 aromatic heterocycles. The van der Waals surface area contributed by atoms with Crippen LogP contribution < -0.4 is 11.0 Å². The fourth-order valence-electron chi connectivity index (χ4n) is 2.49. The molecule has 126 valence electrons. The molecule has 0 aliphatic rings. The lowest BCUT2D eigenvalue weighted by Gasteiger charge is -2.16. The van der Waals surface area contributed by atoms with E-state index < -0.39 is 5.54 Å². The lowest BCUT2D eigenvalue weighted by Crippen LogP contribution is -2.34. The van der Waals surface area contributed by atoms with Crippen LogP contribution in [0.25, 0.3) is 5.65 Å². The van der Waals surface area contributed by atoms with Crippen LogP contribution in [-0.4, -0.2) is 19.2 Å². The molecular weight excluding hydrogens is 309 g/mol. The number of rotatable bonds is 3. The van der Waals surface area contributed by atoms with Gasteiger partial charge < -0.3 is 5.32 Å². The van der Waals surface area contributed by atoms with Crippen molar-refractivity contribution >= 4 is 11.5 Å². The van der Waals surface area contributed by atoms with Crippen LogP contribution in [0.15, 0.2) is 41.5 Å². The Morgan fingerprint density at radius 2 is 1.88 bits per heavy atom. The van der Waals surface area contributed by atoms with E-state index in [-0.39, 0.29) is 17.5 Å². The zero-order chi connectivity index (χ0) is 17.5. The number of hydrogen-bond acceptors (Lipinski definition) is 4. The number of benzene rings is 1. The number of hydrogen-bond donors (Lipinski definition) is 1. The third-order valence-electron chi connectivity index (χ3n) is 3.80. The second-order valence-corrected chi connectivity index (χ2v) is 6.75. The van der Waals surface area contributed by atoms with Gasteiger partial charge in [0.25, 0.3) is 0 Å². The number of halogens is 1. The number of anilines is 1. The highest BCUT2D eigenvalue weighted by Gasteiger charge is 2.21. The highest BCUT2D eigenvalue weighted by atomic mass is 19.1. The maximum absolute atomic E-state index is 13.1. The van der Waals surface area contributed by atoms with Gasteiger partial charge in [-0.05, 0) is 45.4 Å². The van der Waals surface area contributed by atoms with Crippen molar-refractivity contribution in [3.05, 3.63) is 58.5 Å². The predicted molar refractivity (Wildman–Crippen MR) is 90.7 cm³/mol. The van der Waals surface area contributed by atoms with Gasteiger partial charge in [0.2, 0.25) is 5.65 Å². The molecule has 24 heavy (non-hydrogen) atoms. The Bertz CT molecular complexity index is 921. The first-order chi connectivity index (χ1) is 11.3. The molecule has 1 unspecified atom stereocenters. The SMILES string of the molecule is CC(Nc1nccn2c(=O)n(C(C)(C)C)nc12)c1ccc(F)cc1. The van der Waals surface area contributed by atoms with Gasteiger partial charge in [0.1, 0.15) is 5.82 Å². The molecule has 1 atom stereocenters. The third-order valence-corrected chi connectivity index (χ3v) is 3.80. The summed E-state index contributed by atoms with van der Waals surface area (Å²) in [5, 5.41) is 7.67. The van der Waals surface area contributed by atoms with E-state index in [2.05, 4.69) is 15.4 Å². The highest BCUT2D eigenvalue weighted by Crippen LogP contribution is 2.21. The molecule has 2 heterocycles. The van der Waals surface area contributed by atoms with Crippen LogP contribution in [-0.2, 0) is 5.54 Å². The molecule has 1 aromatic carbocycles. The summed E-state index contributed by atoms with van der Waals surface area (Å²) in [5.41, 5.74) is 0.740. The summed E-state index contributed by atoms with van der Waals surface area (Å²) < 4.78 is 16.0. The van der Waals surface area contributed by atoms with E-state index >= 15 is 0 Å². The Balaban J connectivity index is 2.01. The van der Waals surface area contributed by atoms with Gasteiger partial charge in [0.05, 0.1) is 11.6 Å². The van der Waals surface area contributed by atoms with Crippen molar-refractivity contribution in [3.8, 4) is 0 Å². The number of fused-ring (bicyclic) bond motifs is 1. The molecule has 0 amide bonds. The molecular formula is C17H20FN5O. The van der Waals surface area contributed by atoms with Crippen molar-refractivity contribution in [1.82, 2.24) is 19.2 Å². The topological polar surface area (TPSA) is 64.2 Å². The maximum atomic E-state index is 13.1. The zero-order valence-corrected chi connectivity index (χ0v) is 14.1. The zero-order valence-electron chi connectivity index (χ0n) is 14.1. The number of aromatic nitrogens is 4. The first kappa shape index (κ1) is 16.2. The summed E-state index contributed by atoms with van der Waals surface area (Å²) in [4.78, 5) is 16.8. The monoisotopic (exact) mass is 329 g/mol. The van der Waals surface area contributed by atoms with Crippen molar-refractivity contribution in [2.24, 2.45) is 0 Å². The molecule has 0 bridgehead atoms. The summed E-state index contributed by atoms with van der Waals surface area (Å²) in [6.45, 7) is 7.70. The van der Waals surface area contributed by atoms with Gasteiger partial charge in [-0.25, -0.2) is 23.3 Å². The van der Waals surface area contributed by atoms with Gasteiger partial charge in [-0.3, -0.25) is 0 Å². The van der Waals surface area contributed by atoms with Gasteiger partial charge in [0, 0.05) is 12.4 Å². The van der Waals surface area contributed by atoms with Gasteiger partial charge >= 0.3 is 5.69 Å². The van der Waals surface area contributed by atoms with Crippen molar-refractivity contribution in [2.45, 2.75) is 39.3 Å². The van der Waals surface area contributed by atoms with Crippen LogP contribution in [0.5, 0.6) is 0 Å².